The zero-order chi connectivity index (χ0) is 14.7. The van der Waals surface area contributed by atoms with E-state index in [1.165, 1.54) is 17.5 Å². The molecule has 0 unspecified atom stereocenters. The summed E-state index contributed by atoms with van der Waals surface area (Å²) in [6.45, 7) is 2.76. The molecule has 0 bridgehead atoms. The maximum Gasteiger partial charge on any atom is 0.312 e. The lowest BCUT2D eigenvalue weighted by Gasteiger charge is -2.29. The Morgan fingerprint density at radius 1 is 1.24 bits per heavy atom. The maximum atomic E-state index is 11.9. The third kappa shape index (κ3) is 3.83. The first-order valence-electron chi connectivity index (χ1n) is 8.01. The van der Waals surface area contributed by atoms with Gasteiger partial charge in [-0.3, -0.25) is 4.79 Å². The van der Waals surface area contributed by atoms with Crippen molar-refractivity contribution < 1.29 is 9.53 Å². The zero-order valence-electron chi connectivity index (χ0n) is 12.5. The van der Waals surface area contributed by atoms with E-state index < -0.39 is 0 Å². The molecule has 0 amide bonds. The second-order valence-electron chi connectivity index (χ2n) is 6.19. The van der Waals surface area contributed by atoms with Crippen LogP contribution in [0.4, 0.5) is 0 Å². The number of carbonyl (C=O) groups excluding carboxylic acids is 1. The molecule has 0 saturated carbocycles. The van der Waals surface area contributed by atoms with Gasteiger partial charge in [0.2, 0.25) is 0 Å². The van der Waals surface area contributed by atoms with Crippen molar-refractivity contribution in [1.82, 2.24) is 4.90 Å². The first-order valence-corrected chi connectivity index (χ1v) is 8.01. The Morgan fingerprint density at radius 3 is 2.81 bits per heavy atom. The fourth-order valence-electron chi connectivity index (χ4n) is 3.22. The molecule has 21 heavy (non-hydrogen) atoms. The first kappa shape index (κ1) is 14.5. The molecule has 0 spiro atoms. The van der Waals surface area contributed by atoms with Gasteiger partial charge < -0.3 is 15.4 Å². The summed E-state index contributed by atoms with van der Waals surface area (Å²) in [5, 5.41) is 0. The quantitative estimate of drug-likeness (QED) is 0.679. The lowest BCUT2D eigenvalue weighted by Crippen LogP contribution is -2.40. The Kier molecular flexibility index (Phi) is 4.56. The summed E-state index contributed by atoms with van der Waals surface area (Å²) in [5.41, 5.74) is 8.62. The minimum atomic E-state index is -0.136. The van der Waals surface area contributed by atoms with Crippen LogP contribution in [0.5, 0.6) is 5.75 Å². The fraction of sp³-hybridized carbons (Fsp3) is 0.588. The van der Waals surface area contributed by atoms with Gasteiger partial charge in [-0.1, -0.05) is 6.07 Å². The van der Waals surface area contributed by atoms with E-state index in [9.17, 15) is 4.79 Å². The third-order valence-corrected chi connectivity index (χ3v) is 4.57. The van der Waals surface area contributed by atoms with Crippen LogP contribution in [0.1, 0.15) is 36.8 Å². The lowest BCUT2D eigenvalue weighted by atomic mass is 10.1. The van der Waals surface area contributed by atoms with Crippen molar-refractivity contribution in [3.63, 3.8) is 0 Å². The largest absolute Gasteiger partial charge is 0.426 e. The number of benzene rings is 1. The van der Waals surface area contributed by atoms with Crippen molar-refractivity contribution in [3.8, 4) is 5.75 Å². The van der Waals surface area contributed by atoms with Crippen LogP contribution >= 0.6 is 0 Å². The van der Waals surface area contributed by atoms with Gasteiger partial charge >= 0.3 is 5.97 Å². The van der Waals surface area contributed by atoms with Gasteiger partial charge in [0.25, 0.3) is 0 Å². The van der Waals surface area contributed by atoms with E-state index in [4.69, 9.17) is 10.5 Å². The minimum Gasteiger partial charge on any atom is -0.426 e. The van der Waals surface area contributed by atoms with Crippen LogP contribution in [0, 0.1) is 0 Å². The smallest absolute Gasteiger partial charge is 0.312 e. The van der Waals surface area contributed by atoms with Crippen LogP contribution in [0.25, 0.3) is 0 Å². The van der Waals surface area contributed by atoms with Gasteiger partial charge in [0.05, 0.1) is 6.42 Å². The Bertz CT molecular complexity index is 508. The van der Waals surface area contributed by atoms with Crippen LogP contribution in [0.3, 0.4) is 0 Å². The van der Waals surface area contributed by atoms with Crippen molar-refractivity contribution in [2.45, 2.75) is 44.6 Å². The second kappa shape index (κ2) is 6.58. The highest BCUT2D eigenvalue weighted by atomic mass is 16.5. The molecule has 2 aliphatic rings. The van der Waals surface area contributed by atoms with Crippen LogP contribution in [-0.4, -0.2) is 36.5 Å². The van der Waals surface area contributed by atoms with E-state index in [0.29, 0.717) is 18.2 Å². The number of nitrogens with two attached hydrogens (primary N) is 1. The molecule has 1 saturated heterocycles. The van der Waals surface area contributed by atoms with Crippen molar-refractivity contribution in [3.05, 3.63) is 29.3 Å². The molecule has 1 heterocycles. The average Bonchev–Trinajstić information content (AvgIpc) is 2.94. The molecule has 1 aliphatic carbocycles. The fourth-order valence-corrected chi connectivity index (χ4v) is 3.22. The monoisotopic (exact) mass is 288 g/mol. The van der Waals surface area contributed by atoms with Crippen molar-refractivity contribution in [1.29, 1.82) is 0 Å². The third-order valence-electron chi connectivity index (χ3n) is 4.57. The number of likely N-dealkylation sites (tertiary alicyclic amines) is 1. The van der Waals surface area contributed by atoms with Gasteiger partial charge in [-0.15, -0.1) is 0 Å². The number of ether oxygens (including phenoxy) is 1. The summed E-state index contributed by atoms with van der Waals surface area (Å²) in [7, 11) is 0. The predicted molar refractivity (Wildman–Crippen MR) is 82.4 cm³/mol. The minimum absolute atomic E-state index is 0.136. The van der Waals surface area contributed by atoms with Gasteiger partial charge in [0.1, 0.15) is 5.75 Å². The first-order chi connectivity index (χ1) is 10.2. The molecule has 3 rings (SSSR count). The highest BCUT2D eigenvalue weighted by Gasteiger charge is 2.17. The SMILES string of the molecule is NC1CCN(CCC(=O)Oc2ccc3c(c2)CCC3)CC1. The van der Waals surface area contributed by atoms with E-state index in [-0.39, 0.29) is 5.97 Å². The number of rotatable bonds is 4. The highest BCUT2D eigenvalue weighted by Crippen LogP contribution is 2.26. The highest BCUT2D eigenvalue weighted by molar-refractivity contribution is 5.72. The Labute approximate surface area is 126 Å². The standard InChI is InChI=1S/C17H24N2O2/c18-15-6-9-19(10-7-15)11-8-17(20)21-16-5-4-13-2-1-3-14(13)12-16/h4-5,12,15H,1-3,6-11,18H2. The summed E-state index contributed by atoms with van der Waals surface area (Å²) >= 11 is 0. The van der Waals surface area contributed by atoms with E-state index in [0.717, 1.165) is 45.3 Å². The summed E-state index contributed by atoms with van der Waals surface area (Å²) in [6, 6.07) is 6.37. The van der Waals surface area contributed by atoms with E-state index in [2.05, 4.69) is 11.0 Å². The zero-order valence-corrected chi connectivity index (χ0v) is 12.5. The Hall–Kier alpha value is -1.39. The average molecular weight is 288 g/mol. The summed E-state index contributed by atoms with van der Waals surface area (Å²) in [6.07, 6.45) is 5.98. The molecular weight excluding hydrogens is 264 g/mol. The number of hydrogen-bond acceptors (Lipinski definition) is 4. The molecule has 0 aromatic heterocycles. The Balaban J connectivity index is 1.46. The van der Waals surface area contributed by atoms with E-state index in [1.807, 2.05) is 12.1 Å². The molecule has 1 aromatic carbocycles. The lowest BCUT2D eigenvalue weighted by molar-refractivity contribution is -0.134. The second-order valence-corrected chi connectivity index (χ2v) is 6.19. The van der Waals surface area contributed by atoms with Gasteiger partial charge in [-0.05, 0) is 68.5 Å². The molecule has 0 radical (unpaired) electrons. The molecule has 1 aromatic rings. The van der Waals surface area contributed by atoms with Gasteiger partial charge in [0, 0.05) is 12.6 Å². The normalized spacial score (nSPS) is 19.5. The number of hydrogen-bond donors (Lipinski definition) is 1. The number of aryl methyl sites for hydroxylation is 2. The number of carbonyl (C=O) groups is 1. The topological polar surface area (TPSA) is 55.6 Å². The molecule has 1 fully saturated rings. The molecular formula is C17H24N2O2. The predicted octanol–water partition coefficient (Wildman–Crippen LogP) is 1.89. The number of fused-ring (bicyclic) bond motifs is 1. The van der Waals surface area contributed by atoms with Gasteiger partial charge in [-0.25, -0.2) is 0 Å². The molecule has 114 valence electrons. The van der Waals surface area contributed by atoms with Crippen molar-refractivity contribution in [2.24, 2.45) is 5.73 Å². The van der Waals surface area contributed by atoms with E-state index >= 15 is 0 Å². The molecule has 4 nitrogen and oxygen atoms in total. The van der Waals surface area contributed by atoms with Crippen LogP contribution in [0.2, 0.25) is 0 Å². The van der Waals surface area contributed by atoms with Crippen LogP contribution < -0.4 is 10.5 Å². The van der Waals surface area contributed by atoms with Crippen LogP contribution in [-0.2, 0) is 17.6 Å². The van der Waals surface area contributed by atoms with Crippen molar-refractivity contribution in [2.75, 3.05) is 19.6 Å². The maximum absolute atomic E-state index is 11.9. The number of esters is 1. The molecule has 0 atom stereocenters. The molecule has 2 N–H and O–H groups in total. The van der Waals surface area contributed by atoms with E-state index in [1.54, 1.807) is 0 Å². The van der Waals surface area contributed by atoms with Crippen molar-refractivity contribution >= 4 is 5.97 Å². The number of piperidine rings is 1. The van der Waals surface area contributed by atoms with Gasteiger partial charge in [0.15, 0.2) is 0 Å². The molecule has 4 heteroatoms. The molecule has 1 aliphatic heterocycles. The number of nitrogens with zero attached hydrogens (tertiary/aromatic N) is 1. The summed E-state index contributed by atoms with van der Waals surface area (Å²) in [5.74, 6) is 0.559. The Morgan fingerprint density at radius 2 is 2.00 bits per heavy atom. The summed E-state index contributed by atoms with van der Waals surface area (Å²) < 4.78 is 5.46. The van der Waals surface area contributed by atoms with Crippen LogP contribution in [0.15, 0.2) is 18.2 Å². The van der Waals surface area contributed by atoms with Gasteiger partial charge in [-0.2, -0.15) is 0 Å². The summed E-state index contributed by atoms with van der Waals surface area (Å²) in [4.78, 5) is 14.2.